The molecule has 148 valence electrons. The second-order valence-corrected chi connectivity index (χ2v) is 7.69. The number of para-hydroxylation sites is 1. The smallest absolute Gasteiger partial charge is 0.273 e. The van der Waals surface area contributed by atoms with Gasteiger partial charge in [0.15, 0.2) is 11.8 Å². The molecular formula is C20H25N5O3. The maximum atomic E-state index is 12.8. The van der Waals surface area contributed by atoms with E-state index < -0.39 is 6.10 Å². The lowest BCUT2D eigenvalue weighted by molar-refractivity contribution is -0.139. The second-order valence-electron chi connectivity index (χ2n) is 7.69. The Morgan fingerprint density at radius 3 is 2.68 bits per heavy atom. The van der Waals surface area contributed by atoms with E-state index in [0.29, 0.717) is 25.2 Å². The third-order valence-electron chi connectivity index (χ3n) is 5.24. The van der Waals surface area contributed by atoms with Crippen molar-refractivity contribution in [3.8, 4) is 5.75 Å². The number of carbonyl (C=O) groups excluding carboxylic acids is 2. The van der Waals surface area contributed by atoms with Crippen LogP contribution in [0.15, 0.2) is 30.5 Å². The summed E-state index contributed by atoms with van der Waals surface area (Å²) in [4.78, 5) is 26.7. The molecule has 0 spiro atoms. The van der Waals surface area contributed by atoms with Crippen molar-refractivity contribution in [2.75, 3.05) is 13.1 Å². The lowest BCUT2D eigenvalue weighted by Gasteiger charge is -2.33. The van der Waals surface area contributed by atoms with Crippen molar-refractivity contribution in [1.82, 2.24) is 25.2 Å². The van der Waals surface area contributed by atoms with Gasteiger partial charge in [-0.05, 0) is 38.3 Å². The van der Waals surface area contributed by atoms with Crippen molar-refractivity contribution >= 4 is 11.8 Å². The minimum Gasteiger partial charge on any atom is -0.480 e. The third kappa shape index (κ3) is 3.72. The molecule has 1 N–H and O–H groups in total. The summed E-state index contributed by atoms with van der Waals surface area (Å²) < 4.78 is 7.58. The first kappa shape index (κ1) is 18.5. The molecule has 8 nitrogen and oxygen atoms in total. The standard InChI is InChI=1S/C20H25N5O3/c1-13(2)21-19(26)16-12-25(23-22-16)15-7-9-24(10-8-15)20(27)18-11-14-5-3-4-6-17(14)28-18/h3-6,12-13,15,18H,7-11H2,1-2H3,(H,21,26)/t18-/m0/s1. The first-order valence-electron chi connectivity index (χ1n) is 9.77. The van der Waals surface area contributed by atoms with E-state index in [1.165, 1.54) is 0 Å². The van der Waals surface area contributed by atoms with Crippen LogP contribution in [0, 0.1) is 0 Å². The van der Waals surface area contributed by atoms with Crippen LogP contribution in [-0.2, 0) is 11.2 Å². The summed E-state index contributed by atoms with van der Waals surface area (Å²) in [5.74, 6) is 0.641. The maximum Gasteiger partial charge on any atom is 0.273 e. The molecule has 0 radical (unpaired) electrons. The third-order valence-corrected chi connectivity index (χ3v) is 5.24. The average Bonchev–Trinajstić information content (AvgIpc) is 3.34. The number of likely N-dealkylation sites (tertiary alicyclic amines) is 1. The molecule has 1 aromatic carbocycles. The summed E-state index contributed by atoms with van der Waals surface area (Å²) >= 11 is 0. The first-order chi connectivity index (χ1) is 13.5. The number of amides is 2. The van der Waals surface area contributed by atoms with Gasteiger partial charge in [0.2, 0.25) is 0 Å². The minimum absolute atomic E-state index is 0.0465. The van der Waals surface area contributed by atoms with Gasteiger partial charge in [0.25, 0.3) is 11.8 Å². The molecule has 0 saturated carbocycles. The fraction of sp³-hybridized carbons (Fsp3) is 0.500. The van der Waals surface area contributed by atoms with E-state index in [1.54, 1.807) is 10.9 Å². The Bertz CT molecular complexity index is 845. The van der Waals surface area contributed by atoms with Gasteiger partial charge in [-0.15, -0.1) is 5.10 Å². The maximum absolute atomic E-state index is 12.8. The van der Waals surface area contributed by atoms with Gasteiger partial charge in [0.1, 0.15) is 5.75 Å². The molecule has 0 unspecified atom stereocenters. The molecule has 0 bridgehead atoms. The van der Waals surface area contributed by atoms with Crippen LogP contribution < -0.4 is 10.1 Å². The van der Waals surface area contributed by atoms with Crippen LogP contribution in [0.4, 0.5) is 0 Å². The molecule has 2 aromatic rings. The zero-order valence-electron chi connectivity index (χ0n) is 16.2. The second kappa shape index (κ2) is 7.61. The van der Waals surface area contributed by atoms with Gasteiger partial charge < -0.3 is 15.0 Å². The zero-order chi connectivity index (χ0) is 19.7. The summed E-state index contributed by atoms with van der Waals surface area (Å²) in [6.07, 6.45) is 3.45. The molecule has 8 heteroatoms. The van der Waals surface area contributed by atoms with E-state index in [4.69, 9.17) is 4.74 Å². The number of aromatic nitrogens is 3. The topological polar surface area (TPSA) is 89.4 Å². The Morgan fingerprint density at radius 2 is 1.96 bits per heavy atom. The molecule has 2 aliphatic rings. The van der Waals surface area contributed by atoms with E-state index in [0.717, 1.165) is 24.2 Å². The van der Waals surface area contributed by atoms with Gasteiger partial charge in [0.05, 0.1) is 12.2 Å². The molecule has 28 heavy (non-hydrogen) atoms. The number of benzene rings is 1. The molecule has 1 saturated heterocycles. The predicted molar refractivity (Wildman–Crippen MR) is 102 cm³/mol. The Kier molecular flexibility index (Phi) is 5.02. The number of nitrogens with one attached hydrogen (secondary N) is 1. The number of rotatable bonds is 4. The summed E-state index contributed by atoms with van der Waals surface area (Å²) in [6, 6.07) is 7.99. The largest absolute Gasteiger partial charge is 0.480 e. The Labute approximate surface area is 163 Å². The van der Waals surface area contributed by atoms with Crippen molar-refractivity contribution in [3.63, 3.8) is 0 Å². The Balaban J connectivity index is 1.32. The molecule has 2 aliphatic heterocycles. The van der Waals surface area contributed by atoms with Gasteiger partial charge >= 0.3 is 0 Å². The van der Waals surface area contributed by atoms with Crippen LogP contribution in [0.25, 0.3) is 0 Å². The van der Waals surface area contributed by atoms with E-state index in [9.17, 15) is 9.59 Å². The normalized spacial score (nSPS) is 19.4. The summed E-state index contributed by atoms with van der Waals surface area (Å²) in [5, 5.41) is 10.9. The van der Waals surface area contributed by atoms with Crippen molar-refractivity contribution in [2.24, 2.45) is 0 Å². The molecule has 1 fully saturated rings. The van der Waals surface area contributed by atoms with Crippen LogP contribution in [0.3, 0.4) is 0 Å². The van der Waals surface area contributed by atoms with Crippen molar-refractivity contribution in [2.45, 2.75) is 51.3 Å². The summed E-state index contributed by atoms with van der Waals surface area (Å²) in [7, 11) is 0. The average molecular weight is 383 g/mol. The van der Waals surface area contributed by atoms with E-state index >= 15 is 0 Å². The van der Waals surface area contributed by atoms with Gasteiger partial charge in [-0.1, -0.05) is 23.4 Å². The first-order valence-corrected chi connectivity index (χ1v) is 9.77. The highest BCUT2D eigenvalue weighted by Crippen LogP contribution is 2.30. The van der Waals surface area contributed by atoms with Crippen molar-refractivity contribution in [3.05, 3.63) is 41.7 Å². The monoisotopic (exact) mass is 383 g/mol. The van der Waals surface area contributed by atoms with E-state index in [1.807, 2.05) is 43.0 Å². The van der Waals surface area contributed by atoms with E-state index in [-0.39, 0.29) is 23.9 Å². The summed E-state index contributed by atoms with van der Waals surface area (Å²) in [6.45, 7) is 5.10. The van der Waals surface area contributed by atoms with Crippen LogP contribution in [-0.4, -0.2) is 56.9 Å². The van der Waals surface area contributed by atoms with Gasteiger partial charge in [-0.3, -0.25) is 9.59 Å². The van der Waals surface area contributed by atoms with Crippen molar-refractivity contribution < 1.29 is 14.3 Å². The lowest BCUT2D eigenvalue weighted by atomic mass is 10.0. The number of hydrogen-bond acceptors (Lipinski definition) is 5. The number of fused-ring (bicyclic) bond motifs is 1. The molecule has 1 atom stereocenters. The number of ether oxygens (including phenoxy) is 1. The highest BCUT2D eigenvalue weighted by atomic mass is 16.5. The van der Waals surface area contributed by atoms with Gasteiger partial charge in [-0.25, -0.2) is 4.68 Å². The molecule has 3 heterocycles. The van der Waals surface area contributed by atoms with Gasteiger partial charge in [0, 0.05) is 25.6 Å². The highest BCUT2D eigenvalue weighted by Gasteiger charge is 2.34. The molecule has 2 amide bonds. The highest BCUT2D eigenvalue weighted by molar-refractivity contribution is 5.92. The number of piperidine rings is 1. The van der Waals surface area contributed by atoms with E-state index in [2.05, 4.69) is 15.6 Å². The Hall–Kier alpha value is -2.90. The SMILES string of the molecule is CC(C)NC(=O)c1cn(C2CCN(C(=O)[C@@H]3Cc4ccccc4O3)CC2)nn1. The Morgan fingerprint density at radius 1 is 1.21 bits per heavy atom. The van der Waals surface area contributed by atoms with Crippen molar-refractivity contribution in [1.29, 1.82) is 0 Å². The van der Waals surface area contributed by atoms with Crippen LogP contribution in [0.2, 0.25) is 0 Å². The lowest BCUT2D eigenvalue weighted by Crippen LogP contribution is -2.45. The van der Waals surface area contributed by atoms with Crippen LogP contribution in [0.5, 0.6) is 5.75 Å². The predicted octanol–water partition coefficient (Wildman–Crippen LogP) is 1.58. The fourth-order valence-electron chi connectivity index (χ4n) is 3.77. The zero-order valence-corrected chi connectivity index (χ0v) is 16.2. The van der Waals surface area contributed by atoms with Crippen LogP contribution >= 0.6 is 0 Å². The van der Waals surface area contributed by atoms with Gasteiger partial charge in [-0.2, -0.15) is 0 Å². The number of carbonyl (C=O) groups is 2. The molecule has 4 rings (SSSR count). The molecule has 0 aliphatic carbocycles. The minimum atomic E-state index is -0.424. The summed E-state index contributed by atoms with van der Waals surface area (Å²) in [5.41, 5.74) is 1.41. The fourth-order valence-corrected chi connectivity index (χ4v) is 3.77. The number of hydrogen-bond donors (Lipinski definition) is 1. The molecule has 1 aromatic heterocycles. The van der Waals surface area contributed by atoms with Crippen LogP contribution in [0.1, 0.15) is 48.8 Å². The quantitative estimate of drug-likeness (QED) is 0.866. The molecular weight excluding hydrogens is 358 g/mol. The number of nitrogens with zero attached hydrogens (tertiary/aromatic N) is 4.